The lowest BCUT2D eigenvalue weighted by Gasteiger charge is -2.14. The molecule has 0 aliphatic rings. The van der Waals surface area contributed by atoms with Crippen molar-refractivity contribution in [1.29, 1.82) is 5.26 Å². The van der Waals surface area contributed by atoms with Gasteiger partial charge in [-0.25, -0.2) is 4.79 Å². The summed E-state index contributed by atoms with van der Waals surface area (Å²) >= 11 is 6.02. The van der Waals surface area contributed by atoms with Crippen LogP contribution in [0, 0.1) is 11.3 Å². The van der Waals surface area contributed by atoms with Gasteiger partial charge in [0.1, 0.15) is 17.6 Å². The topological polar surface area (TPSA) is 83.4 Å². The van der Waals surface area contributed by atoms with Crippen LogP contribution in [0.5, 0.6) is 11.5 Å². The number of carbonyl (C=O) groups is 1. The lowest BCUT2D eigenvalue weighted by Crippen LogP contribution is -2.20. The molecule has 0 aromatic heterocycles. The molecule has 0 radical (unpaired) electrons. The zero-order chi connectivity index (χ0) is 16.8. The second kappa shape index (κ2) is 7.38. The summed E-state index contributed by atoms with van der Waals surface area (Å²) in [5.74, 6) is 0.791. The van der Waals surface area contributed by atoms with Crippen molar-refractivity contribution in [3.63, 3.8) is 0 Å². The molecule has 0 saturated heterocycles. The number of methoxy groups -OCH3 is 2. The van der Waals surface area contributed by atoms with Crippen LogP contribution in [0.1, 0.15) is 5.56 Å². The minimum atomic E-state index is -0.518. The van der Waals surface area contributed by atoms with Gasteiger partial charge in [0.25, 0.3) is 0 Å². The van der Waals surface area contributed by atoms with E-state index < -0.39 is 6.03 Å². The maximum Gasteiger partial charge on any atom is 0.323 e. The Morgan fingerprint density at radius 3 is 2.39 bits per heavy atom. The van der Waals surface area contributed by atoms with Crippen LogP contribution >= 0.6 is 11.6 Å². The fraction of sp³-hybridized carbons (Fsp3) is 0.125. The first kappa shape index (κ1) is 16.5. The molecule has 7 heteroatoms. The number of hydrogen-bond donors (Lipinski definition) is 2. The second-order valence-corrected chi connectivity index (χ2v) is 4.83. The van der Waals surface area contributed by atoms with Crippen molar-refractivity contribution in [2.24, 2.45) is 0 Å². The summed E-state index contributed by atoms with van der Waals surface area (Å²) in [5, 5.41) is 14.6. The highest BCUT2D eigenvalue weighted by atomic mass is 35.5. The summed E-state index contributed by atoms with van der Waals surface area (Å²) in [6.07, 6.45) is 0. The van der Waals surface area contributed by atoms with Crippen molar-refractivity contribution < 1.29 is 14.3 Å². The Morgan fingerprint density at radius 2 is 1.74 bits per heavy atom. The zero-order valence-electron chi connectivity index (χ0n) is 12.5. The Labute approximate surface area is 138 Å². The van der Waals surface area contributed by atoms with Crippen LogP contribution in [0.2, 0.25) is 5.02 Å². The van der Waals surface area contributed by atoms with E-state index in [0.29, 0.717) is 33.5 Å². The molecule has 2 aromatic rings. The molecule has 0 saturated carbocycles. The normalized spacial score (nSPS) is 9.65. The Bertz CT molecular complexity index is 772. The molecular formula is C16H14ClN3O3. The number of carbonyl (C=O) groups excluding carboxylic acids is 1. The van der Waals surface area contributed by atoms with Gasteiger partial charge in [0.2, 0.25) is 0 Å². The van der Waals surface area contributed by atoms with Crippen molar-refractivity contribution in [2.75, 3.05) is 24.9 Å². The molecule has 0 aliphatic heterocycles. The van der Waals surface area contributed by atoms with Gasteiger partial charge in [0, 0.05) is 12.1 Å². The molecule has 23 heavy (non-hydrogen) atoms. The average Bonchev–Trinajstić information content (AvgIpc) is 2.56. The number of para-hydroxylation sites is 1. The highest BCUT2D eigenvalue weighted by Gasteiger charge is 2.13. The minimum Gasteiger partial charge on any atom is -0.495 e. The van der Waals surface area contributed by atoms with E-state index in [4.69, 9.17) is 26.3 Å². The van der Waals surface area contributed by atoms with E-state index in [1.807, 2.05) is 6.07 Å². The maximum absolute atomic E-state index is 12.1. The van der Waals surface area contributed by atoms with Gasteiger partial charge < -0.3 is 20.1 Å². The average molecular weight is 332 g/mol. The fourth-order valence-corrected chi connectivity index (χ4v) is 2.15. The molecular weight excluding hydrogens is 318 g/mol. The molecule has 2 amide bonds. The maximum atomic E-state index is 12.1. The molecule has 0 atom stereocenters. The van der Waals surface area contributed by atoms with Crippen LogP contribution in [0.4, 0.5) is 16.2 Å². The van der Waals surface area contributed by atoms with Gasteiger partial charge in [-0.15, -0.1) is 0 Å². The number of amides is 2. The van der Waals surface area contributed by atoms with E-state index in [9.17, 15) is 4.79 Å². The van der Waals surface area contributed by atoms with Crippen molar-refractivity contribution >= 4 is 29.0 Å². The molecule has 2 aromatic carbocycles. The molecule has 0 spiro atoms. The molecule has 2 N–H and O–H groups in total. The van der Waals surface area contributed by atoms with Gasteiger partial charge in [-0.05, 0) is 12.1 Å². The molecule has 118 valence electrons. The van der Waals surface area contributed by atoms with Crippen LogP contribution in [0.15, 0.2) is 36.4 Å². The number of benzene rings is 2. The molecule has 0 heterocycles. The summed E-state index contributed by atoms with van der Waals surface area (Å²) in [6.45, 7) is 0. The van der Waals surface area contributed by atoms with Crippen molar-refractivity contribution in [3.05, 3.63) is 47.0 Å². The minimum absolute atomic E-state index is 0.364. The van der Waals surface area contributed by atoms with Crippen molar-refractivity contribution in [2.45, 2.75) is 0 Å². The Hall–Kier alpha value is -2.91. The Balaban J connectivity index is 2.22. The number of ether oxygens (including phenoxy) is 2. The van der Waals surface area contributed by atoms with Gasteiger partial charge in [0.05, 0.1) is 36.2 Å². The lowest BCUT2D eigenvalue weighted by atomic mass is 10.2. The highest BCUT2D eigenvalue weighted by Crippen LogP contribution is 2.35. The first-order valence-corrected chi connectivity index (χ1v) is 6.95. The highest BCUT2D eigenvalue weighted by molar-refractivity contribution is 6.32. The molecule has 0 aliphatic carbocycles. The lowest BCUT2D eigenvalue weighted by molar-refractivity contribution is 0.262. The van der Waals surface area contributed by atoms with Crippen molar-refractivity contribution in [3.8, 4) is 17.6 Å². The number of halogens is 1. The molecule has 6 nitrogen and oxygen atoms in total. The summed E-state index contributed by atoms with van der Waals surface area (Å²) in [4.78, 5) is 12.1. The monoisotopic (exact) mass is 331 g/mol. The largest absolute Gasteiger partial charge is 0.495 e. The number of nitrogens with one attached hydrogen (secondary N) is 2. The zero-order valence-corrected chi connectivity index (χ0v) is 13.3. The standard InChI is InChI=1S/C16H14ClN3O3/c1-22-14-8-13(15(23-2)7-11(14)17)20-16(21)19-12-6-4-3-5-10(12)9-18/h3-8H,1-2H3,(H2,19,20,21). The van der Waals surface area contributed by atoms with Gasteiger partial charge in [-0.3, -0.25) is 0 Å². The quantitative estimate of drug-likeness (QED) is 0.890. The first-order chi connectivity index (χ1) is 11.1. The van der Waals surface area contributed by atoms with Crippen LogP contribution in [0.25, 0.3) is 0 Å². The van der Waals surface area contributed by atoms with Crippen molar-refractivity contribution in [1.82, 2.24) is 0 Å². The predicted octanol–water partition coefficient (Wildman–Crippen LogP) is 3.87. The van der Waals surface area contributed by atoms with Crippen LogP contribution in [-0.2, 0) is 0 Å². The Kier molecular flexibility index (Phi) is 5.28. The summed E-state index contributed by atoms with van der Waals surface area (Å²) < 4.78 is 10.3. The van der Waals surface area contributed by atoms with Crippen LogP contribution in [-0.4, -0.2) is 20.3 Å². The van der Waals surface area contributed by atoms with Gasteiger partial charge in [-0.1, -0.05) is 23.7 Å². The molecule has 0 fully saturated rings. The third-order valence-corrected chi connectivity index (χ3v) is 3.31. The Morgan fingerprint density at radius 1 is 1.09 bits per heavy atom. The fourth-order valence-electron chi connectivity index (χ4n) is 1.92. The predicted molar refractivity (Wildman–Crippen MR) is 88.4 cm³/mol. The van der Waals surface area contributed by atoms with Gasteiger partial charge >= 0.3 is 6.03 Å². The number of hydrogen-bond acceptors (Lipinski definition) is 4. The third-order valence-electron chi connectivity index (χ3n) is 3.02. The molecule has 2 rings (SSSR count). The number of rotatable bonds is 4. The van der Waals surface area contributed by atoms with E-state index in [1.54, 1.807) is 36.4 Å². The smallest absolute Gasteiger partial charge is 0.323 e. The van der Waals surface area contributed by atoms with E-state index in [0.717, 1.165) is 0 Å². The van der Waals surface area contributed by atoms with E-state index in [2.05, 4.69) is 10.6 Å². The first-order valence-electron chi connectivity index (χ1n) is 6.57. The molecule has 0 bridgehead atoms. The van der Waals surface area contributed by atoms with Crippen LogP contribution < -0.4 is 20.1 Å². The van der Waals surface area contributed by atoms with Gasteiger partial charge in [0.15, 0.2) is 0 Å². The van der Waals surface area contributed by atoms with E-state index in [-0.39, 0.29) is 0 Å². The SMILES string of the molecule is COc1cc(NC(=O)Nc2ccccc2C#N)c(OC)cc1Cl. The summed E-state index contributed by atoms with van der Waals surface area (Å²) in [6, 6.07) is 11.3. The number of anilines is 2. The third kappa shape index (κ3) is 3.84. The molecule has 0 unspecified atom stereocenters. The number of nitriles is 1. The number of urea groups is 1. The van der Waals surface area contributed by atoms with E-state index in [1.165, 1.54) is 14.2 Å². The van der Waals surface area contributed by atoms with E-state index >= 15 is 0 Å². The number of nitrogens with zero attached hydrogens (tertiary/aromatic N) is 1. The van der Waals surface area contributed by atoms with Crippen LogP contribution in [0.3, 0.4) is 0 Å². The van der Waals surface area contributed by atoms with Gasteiger partial charge in [-0.2, -0.15) is 5.26 Å². The summed E-state index contributed by atoms with van der Waals surface area (Å²) in [5.41, 5.74) is 1.16. The second-order valence-electron chi connectivity index (χ2n) is 4.42. The summed E-state index contributed by atoms with van der Waals surface area (Å²) in [7, 11) is 2.94.